The summed E-state index contributed by atoms with van der Waals surface area (Å²) in [6, 6.07) is 0. The Morgan fingerprint density at radius 1 is 1.57 bits per heavy atom. The van der Waals surface area contributed by atoms with Gasteiger partial charge in [0, 0.05) is 13.7 Å². The van der Waals surface area contributed by atoms with Crippen LogP contribution in [-0.4, -0.2) is 37.1 Å². The summed E-state index contributed by atoms with van der Waals surface area (Å²) >= 11 is 0. The lowest BCUT2D eigenvalue weighted by molar-refractivity contribution is -0.0263. The Morgan fingerprint density at radius 2 is 2.36 bits per heavy atom. The van der Waals surface area contributed by atoms with Crippen molar-refractivity contribution in [1.82, 2.24) is 0 Å². The molecule has 0 bridgehead atoms. The predicted octanol–water partition coefficient (Wildman–Crippen LogP) is 1.73. The minimum atomic E-state index is -0.673. The van der Waals surface area contributed by atoms with Gasteiger partial charge in [-0.15, -0.1) is 0 Å². The molecule has 3 nitrogen and oxygen atoms in total. The molecule has 0 saturated carbocycles. The average molecular weight is 202 g/mol. The van der Waals surface area contributed by atoms with Crippen molar-refractivity contribution in [1.29, 1.82) is 0 Å². The van der Waals surface area contributed by atoms with Gasteiger partial charge >= 0.3 is 0 Å². The Hall–Kier alpha value is -0.120. The van der Waals surface area contributed by atoms with E-state index in [1.54, 1.807) is 7.11 Å². The van der Waals surface area contributed by atoms with Gasteiger partial charge in [-0.1, -0.05) is 0 Å². The van der Waals surface area contributed by atoms with E-state index in [0.29, 0.717) is 12.7 Å². The van der Waals surface area contributed by atoms with Crippen LogP contribution in [0.15, 0.2) is 0 Å². The quantitative estimate of drug-likeness (QED) is 0.713. The highest BCUT2D eigenvalue weighted by molar-refractivity contribution is 4.73. The van der Waals surface area contributed by atoms with Gasteiger partial charge in [0.1, 0.15) is 0 Å². The maximum Gasteiger partial charge on any atom is 0.0852 e. The Kier molecular flexibility index (Phi) is 4.85. The molecule has 2 atom stereocenters. The molecular weight excluding hydrogens is 180 g/mol. The highest BCUT2D eigenvalue weighted by Gasteiger charge is 2.21. The summed E-state index contributed by atoms with van der Waals surface area (Å²) in [5, 5.41) is 9.82. The van der Waals surface area contributed by atoms with E-state index in [-0.39, 0.29) is 0 Å². The molecule has 0 aromatic carbocycles. The van der Waals surface area contributed by atoms with Crippen LogP contribution in [-0.2, 0) is 9.47 Å². The minimum absolute atomic E-state index is 0.415. The zero-order chi connectivity index (χ0) is 10.4. The molecule has 1 rings (SSSR count). The fraction of sp³-hybridized carbons (Fsp3) is 1.00. The van der Waals surface area contributed by atoms with Gasteiger partial charge in [0.15, 0.2) is 0 Å². The monoisotopic (exact) mass is 202 g/mol. The first kappa shape index (κ1) is 12.0. The summed E-state index contributed by atoms with van der Waals surface area (Å²) in [4.78, 5) is 0. The predicted molar refractivity (Wildman–Crippen MR) is 55.3 cm³/mol. The minimum Gasteiger partial charge on any atom is -0.388 e. The average Bonchev–Trinajstić information content (AvgIpc) is 2.56. The lowest BCUT2D eigenvalue weighted by Crippen LogP contribution is -2.30. The Labute approximate surface area is 86.4 Å². The van der Waals surface area contributed by atoms with E-state index >= 15 is 0 Å². The third-order valence-corrected chi connectivity index (χ3v) is 2.72. The van der Waals surface area contributed by atoms with Crippen LogP contribution in [0.2, 0.25) is 0 Å². The molecule has 0 amide bonds. The second-order valence-corrected chi connectivity index (χ2v) is 4.46. The molecule has 3 heteroatoms. The van der Waals surface area contributed by atoms with Crippen molar-refractivity contribution in [3.63, 3.8) is 0 Å². The number of ether oxygens (including phenoxy) is 2. The lowest BCUT2D eigenvalue weighted by Gasteiger charge is -2.22. The number of hydrogen-bond acceptors (Lipinski definition) is 3. The number of methoxy groups -OCH3 is 1. The van der Waals surface area contributed by atoms with Gasteiger partial charge in [-0.3, -0.25) is 0 Å². The third kappa shape index (κ3) is 4.40. The summed E-state index contributed by atoms with van der Waals surface area (Å²) < 4.78 is 10.5. The molecule has 0 aliphatic carbocycles. The van der Waals surface area contributed by atoms with Crippen molar-refractivity contribution in [2.45, 2.75) is 50.7 Å². The summed E-state index contributed by atoms with van der Waals surface area (Å²) in [7, 11) is 1.62. The van der Waals surface area contributed by atoms with Crippen LogP contribution in [0.1, 0.15) is 39.0 Å². The van der Waals surface area contributed by atoms with E-state index in [9.17, 15) is 5.11 Å². The molecule has 2 unspecified atom stereocenters. The van der Waals surface area contributed by atoms with Crippen molar-refractivity contribution in [3.8, 4) is 0 Å². The number of hydrogen-bond donors (Lipinski definition) is 1. The summed E-state index contributed by atoms with van der Waals surface area (Å²) in [6.07, 6.45) is 5.70. The molecular formula is C11H22O3. The van der Waals surface area contributed by atoms with Crippen LogP contribution >= 0.6 is 0 Å². The van der Waals surface area contributed by atoms with Crippen molar-refractivity contribution in [2.24, 2.45) is 0 Å². The first-order valence-corrected chi connectivity index (χ1v) is 5.47. The standard InChI is InChI=1S/C11H22O3/c1-11(12,9-13-2)7-3-5-10-6-4-8-14-10/h10,12H,3-9H2,1-2H3. The third-order valence-electron chi connectivity index (χ3n) is 2.72. The molecule has 0 spiro atoms. The first-order valence-electron chi connectivity index (χ1n) is 5.47. The Morgan fingerprint density at radius 3 is 2.93 bits per heavy atom. The van der Waals surface area contributed by atoms with Gasteiger partial charge in [0.25, 0.3) is 0 Å². The van der Waals surface area contributed by atoms with E-state index in [1.807, 2.05) is 6.92 Å². The van der Waals surface area contributed by atoms with Gasteiger partial charge < -0.3 is 14.6 Å². The molecule has 1 fully saturated rings. The van der Waals surface area contributed by atoms with Crippen molar-refractivity contribution in [3.05, 3.63) is 0 Å². The zero-order valence-electron chi connectivity index (χ0n) is 9.29. The van der Waals surface area contributed by atoms with Crippen molar-refractivity contribution >= 4 is 0 Å². The van der Waals surface area contributed by atoms with Gasteiger partial charge in [0.2, 0.25) is 0 Å². The summed E-state index contributed by atoms with van der Waals surface area (Å²) in [5.41, 5.74) is -0.673. The Balaban J connectivity index is 2.07. The highest BCUT2D eigenvalue weighted by atomic mass is 16.5. The molecule has 1 heterocycles. The fourth-order valence-electron chi connectivity index (χ4n) is 1.97. The van der Waals surface area contributed by atoms with E-state index in [4.69, 9.17) is 9.47 Å². The van der Waals surface area contributed by atoms with Gasteiger partial charge in [0.05, 0.1) is 18.3 Å². The number of aliphatic hydroxyl groups is 1. The van der Waals surface area contributed by atoms with Gasteiger partial charge in [-0.05, 0) is 39.0 Å². The maximum absolute atomic E-state index is 9.82. The first-order chi connectivity index (χ1) is 6.64. The van der Waals surface area contributed by atoms with Crippen LogP contribution in [0.4, 0.5) is 0 Å². The topological polar surface area (TPSA) is 38.7 Å². The molecule has 1 aliphatic rings. The molecule has 0 aromatic heterocycles. The second kappa shape index (κ2) is 5.69. The van der Waals surface area contributed by atoms with E-state index in [2.05, 4.69) is 0 Å². The van der Waals surface area contributed by atoms with Gasteiger partial charge in [-0.2, -0.15) is 0 Å². The van der Waals surface area contributed by atoms with Crippen molar-refractivity contribution < 1.29 is 14.6 Å². The molecule has 1 N–H and O–H groups in total. The summed E-state index contributed by atoms with van der Waals surface area (Å²) in [6.45, 7) is 3.16. The molecule has 0 radical (unpaired) electrons. The van der Waals surface area contributed by atoms with Crippen LogP contribution in [0.3, 0.4) is 0 Å². The second-order valence-electron chi connectivity index (χ2n) is 4.46. The molecule has 0 aromatic rings. The van der Waals surface area contributed by atoms with Crippen LogP contribution < -0.4 is 0 Å². The van der Waals surface area contributed by atoms with Crippen molar-refractivity contribution in [2.75, 3.05) is 20.3 Å². The van der Waals surface area contributed by atoms with Crippen LogP contribution in [0.5, 0.6) is 0 Å². The summed E-state index contributed by atoms with van der Waals surface area (Å²) in [5.74, 6) is 0. The number of rotatable bonds is 6. The van der Waals surface area contributed by atoms with E-state index in [1.165, 1.54) is 12.8 Å². The highest BCUT2D eigenvalue weighted by Crippen LogP contribution is 2.20. The van der Waals surface area contributed by atoms with Crippen LogP contribution in [0.25, 0.3) is 0 Å². The molecule has 1 saturated heterocycles. The van der Waals surface area contributed by atoms with Gasteiger partial charge in [-0.25, -0.2) is 0 Å². The molecule has 1 aliphatic heterocycles. The smallest absolute Gasteiger partial charge is 0.0852 e. The molecule has 14 heavy (non-hydrogen) atoms. The lowest BCUT2D eigenvalue weighted by atomic mass is 9.98. The zero-order valence-corrected chi connectivity index (χ0v) is 9.29. The normalized spacial score (nSPS) is 26.4. The van der Waals surface area contributed by atoms with Crippen LogP contribution in [0, 0.1) is 0 Å². The Bertz CT molecular complexity index is 151. The van der Waals surface area contributed by atoms with E-state index < -0.39 is 5.60 Å². The fourth-order valence-corrected chi connectivity index (χ4v) is 1.97. The van der Waals surface area contributed by atoms with E-state index in [0.717, 1.165) is 25.9 Å². The SMILES string of the molecule is COCC(C)(O)CCCC1CCCO1. The molecule has 84 valence electrons. The largest absolute Gasteiger partial charge is 0.388 e. The maximum atomic E-state index is 9.82.